The average molecular weight is 266 g/mol. The average Bonchev–Trinajstić information content (AvgIpc) is 2.38. The van der Waals surface area contributed by atoms with Gasteiger partial charge in [0.1, 0.15) is 11.5 Å². The molecule has 0 radical (unpaired) electrons. The van der Waals surface area contributed by atoms with E-state index in [2.05, 4.69) is 18.0 Å². The van der Waals surface area contributed by atoms with Crippen molar-refractivity contribution in [3.63, 3.8) is 0 Å². The second kappa shape index (κ2) is 8.02. The molecule has 0 heterocycles. The molecule has 0 aliphatic heterocycles. The van der Waals surface area contributed by atoms with Gasteiger partial charge in [0.15, 0.2) is 0 Å². The molecule has 4 nitrogen and oxygen atoms in total. The maximum Gasteiger partial charge on any atom is 0.127 e. The number of benzene rings is 1. The van der Waals surface area contributed by atoms with Crippen LogP contribution in [0, 0.1) is 0 Å². The minimum Gasteiger partial charge on any atom is -0.497 e. The minimum atomic E-state index is 0.281. The van der Waals surface area contributed by atoms with Crippen LogP contribution < -0.4 is 15.2 Å². The van der Waals surface area contributed by atoms with Gasteiger partial charge in [0.2, 0.25) is 0 Å². The van der Waals surface area contributed by atoms with Crippen molar-refractivity contribution in [3.8, 4) is 11.5 Å². The topological polar surface area (TPSA) is 47.7 Å². The van der Waals surface area contributed by atoms with Gasteiger partial charge in [0.05, 0.1) is 14.2 Å². The van der Waals surface area contributed by atoms with Gasteiger partial charge in [-0.05, 0) is 39.4 Å². The van der Waals surface area contributed by atoms with Gasteiger partial charge in [-0.3, -0.25) is 0 Å². The lowest BCUT2D eigenvalue weighted by molar-refractivity contribution is 0.306. The second-order valence-corrected chi connectivity index (χ2v) is 5.04. The fourth-order valence-corrected chi connectivity index (χ4v) is 2.04. The van der Waals surface area contributed by atoms with Crippen LogP contribution in [-0.2, 0) is 6.54 Å². The Hall–Kier alpha value is -1.26. The van der Waals surface area contributed by atoms with E-state index in [1.54, 1.807) is 14.2 Å². The number of nitrogens with two attached hydrogens (primary N) is 1. The highest BCUT2D eigenvalue weighted by Gasteiger charge is 2.08. The third-order valence-corrected chi connectivity index (χ3v) is 3.13. The molecule has 0 aromatic heterocycles. The number of methoxy groups -OCH3 is 2. The van der Waals surface area contributed by atoms with Crippen LogP contribution in [0.4, 0.5) is 0 Å². The van der Waals surface area contributed by atoms with Crippen LogP contribution in [0.3, 0.4) is 0 Å². The maximum absolute atomic E-state index is 5.76. The molecule has 0 fully saturated rings. The molecule has 0 aliphatic carbocycles. The molecule has 4 heteroatoms. The summed E-state index contributed by atoms with van der Waals surface area (Å²) in [6.45, 7) is 3.95. The number of hydrogen-bond donors (Lipinski definition) is 1. The first-order valence-electron chi connectivity index (χ1n) is 6.71. The van der Waals surface area contributed by atoms with Crippen molar-refractivity contribution in [2.24, 2.45) is 5.73 Å². The zero-order valence-electron chi connectivity index (χ0n) is 12.5. The first-order chi connectivity index (χ1) is 9.06. The quantitative estimate of drug-likeness (QED) is 0.784. The first kappa shape index (κ1) is 15.8. The van der Waals surface area contributed by atoms with Gasteiger partial charge < -0.3 is 20.1 Å². The predicted molar refractivity (Wildman–Crippen MR) is 78.8 cm³/mol. The molecule has 0 aliphatic rings. The summed E-state index contributed by atoms with van der Waals surface area (Å²) in [5.74, 6) is 1.69. The lowest BCUT2D eigenvalue weighted by Gasteiger charge is -2.19. The lowest BCUT2D eigenvalue weighted by Crippen LogP contribution is -2.22. The number of hydrogen-bond acceptors (Lipinski definition) is 4. The molecule has 1 aromatic carbocycles. The van der Waals surface area contributed by atoms with E-state index in [0.29, 0.717) is 0 Å². The van der Waals surface area contributed by atoms with E-state index in [1.807, 2.05) is 19.1 Å². The molecule has 0 saturated heterocycles. The Morgan fingerprint density at radius 1 is 1.26 bits per heavy atom. The maximum atomic E-state index is 5.76. The molecule has 108 valence electrons. The van der Waals surface area contributed by atoms with Crippen LogP contribution in [0.15, 0.2) is 18.2 Å². The van der Waals surface area contributed by atoms with Crippen LogP contribution in [0.1, 0.15) is 25.3 Å². The highest BCUT2D eigenvalue weighted by molar-refractivity contribution is 5.40. The monoisotopic (exact) mass is 266 g/mol. The van der Waals surface area contributed by atoms with Crippen molar-refractivity contribution >= 4 is 0 Å². The molecule has 19 heavy (non-hydrogen) atoms. The predicted octanol–water partition coefficient (Wildman–Crippen LogP) is 2.26. The van der Waals surface area contributed by atoms with Gasteiger partial charge in [-0.2, -0.15) is 0 Å². The van der Waals surface area contributed by atoms with Crippen LogP contribution in [0.5, 0.6) is 11.5 Å². The number of ether oxygens (including phenoxy) is 2. The van der Waals surface area contributed by atoms with E-state index in [9.17, 15) is 0 Å². The van der Waals surface area contributed by atoms with Gasteiger partial charge in [-0.15, -0.1) is 0 Å². The SMILES string of the molecule is COc1ccc(CN(C)CCCC(C)N)c(OC)c1. The van der Waals surface area contributed by atoms with Gasteiger partial charge in [0.25, 0.3) is 0 Å². The summed E-state index contributed by atoms with van der Waals surface area (Å²) in [6.07, 6.45) is 2.18. The Morgan fingerprint density at radius 3 is 2.58 bits per heavy atom. The largest absolute Gasteiger partial charge is 0.497 e. The van der Waals surface area contributed by atoms with E-state index in [4.69, 9.17) is 15.2 Å². The Kier molecular flexibility index (Phi) is 6.67. The second-order valence-electron chi connectivity index (χ2n) is 5.04. The summed E-state index contributed by atoms with van der Waals surface area (Å²) in [6, 6.07) is 6.22. The van der Waals surface area contributed by atoms with Crippen LogP contribution in [-0.4, -0.2) is 38.8 Å². The van der Waals surface area contributed by atoms with Gasteiger partial charge in [-0.25, -0.2) is 0 Å². The fourth-order valence-electron chi connectivity index (χ4n) is 2.04. The Labute approximate surface area is 116 Å². The molecule has 1 rings (SSSR count). The molecule has 2 N–H and O–H groups in total. The lowest BCUT2D eigenvalue weighted by atomic mass is 10.1. The number of rotatable bonds is 8. The van der Waals surface area contributed by atoms with Crippen molar-refractivity contribution in [1.82, 2.24) is 4.90 Å². The zero-order valence-corrected chi connectivity index (χ0v) is 12.5. The van der Waals surface area contributed by atoms with Crippen molar-refractivity contribution < 1.29 is 9.47 Å². The number of nitrogens with zero attached hydrogens (tertiary/aromatic N) is 1. The summed E-state index contributed by atoms with van der Waals surface area (Å²) >= 11 is 0. The molecular formula is C15H26N2O2. The summed E-state index contributed by atoms with van der Waals surface area (Å²) < 4.78 is 10.6. The summed E-state index contributed by atoms with van der Waals surface area (Å²) in [5, 5.41) is 0. The van der Waals surface area contributed by atoms with Crippen molar-refractivity contribution in [2.45, 2.75) is 32.4 Å². The Morgan fingerprint density at radius 2 is 2.00 bits per heavy atom. The fraction of sp³-hybridized carbons (Fsp3) is 0.600. The molecule has 0 bridgehead atoms. The summed E-state index contributed by atoms with van der Waals surface area (Å²) in [5.41, 5.74) is 6.93. The van der Waals surface area contributed by atoms with Gasteiger partial charge in [-0.1, -0.05) is 6.07 Å². The van der Waals surface area contributed by atoms with Gasteiger partial charge in [0, 0.05) is 24.2 Å². The third-order valence-electron chi connectivity index (χ3n) is 3.13. The normalized spacial score (nSPS) is 12.5. The molecule has 0 saturated carbocycles. The summed E-state index contributed by atoms with van der Waals surface area (Å²) in [7, 11) is 5.47. The van der Waals surface area contributed by atoms with E-state index in [-0.39, 0.29) is 6.04 Å². The molecule has 1 aromatic rings. The Balaban J connectivity index is 2.55. The van der Waals surface area contributed by atoms with Crippen LogP contribution in [0.2, 0.25) is 0 Å². The minimum absolute atomic E-state index is 0.281. The molecule has 1 atom stereocenters. The summed E-state index contributed by atoms with van der Waals surface area (Å²) in [4.78, 5) is 2.28. The zero-order chi connectivity index (χ0) is 14.3. The molecular weight excluding hydrogens is 240 g/mol. The van der Waals surface area contributed by atoms with Crippen LogP contribution >= 0.6 is 0 Å². The van der Waals surface area contributed by atoms with E-state index in [1.165, 1.54) is 5.56 Å². The van der Waals surface area contributed by atoms with Crippen molar-refractivity contribution in [2.75, 3.05) is 27.8 Å². The first-order valence-corrected chi connectivity index (χ1v) is 6.71. The van der Waals surface area contributed by atoms with Crippen molar-refractivity contribution in [1.29, 1.82) is 0 Å². The standard InChI is InChI=1S/C15H26N2O2/c1-12(16)6-5-9-17(2)11-13-7-8-14(18-3)10-15(13)19-4/h7-8,10,12H,5-6,9,11,16H2,1-4H3. The highest BCUT2D eigenvalue weighted by Crippen LogP contribution is 2.25. The van der Waals surface area contributed by atoms with Crippen molar-refractivity contribution in [3.05, 3.63) is 23.8 Å². The smallest absolute Gasteiger partial charge is 0.127 e. The van der Waals surface area contributed by atoms with E-state index in [0.717, 1.165) is 37.4 Å². The molecule has 1 unspecified atom stereocenters. The van der Waals surface area contributed by atoms with E-state index < -0.39 is 0 Å². The van der Waals surface area contributed by atoms with E-state index >= 15 is 0 Å². The Bertz CT molecular complexity index is 380. The highest BCUT2D eigenvalue weighted by atomic mass is 16.5. The van der Waals surface area contributed by atoms with Crippen LogP contribution in [0.25, 0.3) is 0 Å². The van der Waals surface area contributed by atoms with Gasteiger partial charge >= 0.3 is 0 Å². The molecule has 0 amide bonds. The third kappa shape index (κ3) is 5.49. The molecule has 0 spiro atoms.